The van der Waals surface area contributed by atoms with E-state index in [1.54, 1.807) is 6.92 Å². The number of fused-ring (bicyclic) bond motifs is 1. The van der Waals surface area contributed by atoms with Crippen molar-refractivity contribution >= 4 is 28.6 Å². The molecule has 3 aromatic carbocycles. The van der Waals surface area contributed by atoms with Crippen molar-refractivity contribution < 1.29 is 14.4 Å². The lowest BCUT2D eigenvalue weighted by atomic mass is 9.90. The fraction of sp³-hybridized carbons (Fsp3) is 0.240. The number of aryl methyl sites for hydroxylation is 1. The van der Waals surface area contributed by atoms with Crippen LogP contribution in [0.5, 0.6) is 0 Å². The summed E-state index contributed by atoms with van der Waals surface area (Å²) in [4.78, 5) is 38.9. The van der Waals surface area contributed by atoms with Gasteiger partial charge in [0.15, 0.2) is 0 Å². The summed E-state index contributed by atoms with van der Waals surface area (Å²) in [7, 11) is 0. The second-order valence-electron chi connectivity index (χ2n) is 7.95. The molecule has 158 valence electrons. The van der Waals surface area contributed by atoms with Gasteiger partial charge in [0.05, 0.1) is 0 Å². The van der Waals surface area contributed by atoms with Crippen LogP contribution in [0.4, 0.5) is 4.79 Å². The number of benzene rings is 3. The third-order valence-corrected chi connectivity index (χ3v) is 5.71. The van der Waals surface area contributed by atoms with Gasteiger partial charge in [-0.3, -0.25) is 14.5 Å². The van der Waals surface area contributed by atoms with Crippen molar-refractivity contribution in [1.29, 1.82) is 0 Å². The Balaban J connectivity index is 1.37. The van der Waals surface area contributed by atoms with Crippen LogP contribution in [0.15, 0.2) is 72.8 Å². The SMILES string of the molecule is C[C@]1(c2ccc3ccccc3c2)NC(=O)N(CC(=O)NCCCc2ccccc2)C1=O. The van der Waals surface area contributed by atoms with Crippen LogP contribution in [0.3, 0.4) is 0 Å². The number of rotatable bonds is 7. The summed E-state index contributed by atoms with van der Waals surface area (Å²) < 4.78 is 0. The maximum atomic E-state index is 13.1. The fourth-order valence-electron chi connectivity index (χ4n) is 3.90. The van der Waals surface area contributed by atoms with E-state index in [0.717, 1.165) is 28.5 Å². The minimum Gasteiger partial charge on any atom is -0.355 e. The van der Waals surface area contributed by atoms with E-state index < -0.39 is 17.5 Å². The summed E-state index contributed by atoms with van der Waals surface area (Å²) in [5.41, 5.74) is 0.696. The standard InChI is InChI=1S/C25H25N3O3/c1-25(21-14-13-19-11-5-6-12-20(19)16-21)23(30)28(24(31)27-25)17-22(29)26-15-7-10-18-8-3-2-4-9-18/h2-6,8-9,11-14,16H,7,10,15,17H2,1H3,(H,26,29)(H,27,31)/t25-/m1/s1. The summed E-state index contributed by atoms with van der Waals surface area (Å²) in [6, 6.07) is 23.0. The average molecular weight is 415 g/mol. The quantitative estimate of drug-likeness (QED) is 0.459. The number of carbonyl (C=O) groups excluding carboxylic acids is 3. The number of hydrogen-bond acceptors (Lipinski definition) is 3. The van der Waals surface area contributed by atoms with Gasteiger partial charge in [0.25, 0.3) is 5.91 Å². The second-order valence-corrected chi connectivity index (χ2v) is 7.95. The van der Waals surface area contributed by atoms with Crippen molar-refractivity contribution in [2.45, 2.75) is 25.3 Å². The summed E-state index contributed by atoms with van der Waals surface area (Å²) in [5.74, 6) is -0.772. The van der Waals surface area contributed by atoms with Crippen molar-refractivity contribution in [1.82, 2.24) is 15.5 Å². The van der Waals surface area contributed by atoms with Crippen LogP contribution in [0, 0.1) is 0 Å². The number of carbonyl (C=O) groups is 3. The first-order valence-electron chi connectivity index (χ1n) is 10.4. The molecule has 1 saturated heterocycles. The molecule has 4 amide bonds. The highest BCUT2D eigenvalue weighted by Crippen LogP contribution is 2.30. The molecular formula is C25H25N3O3. The van der Waals surface area contributed by atoms with E-state index in [1.807, 2.05) is 72.8 Å². The molecule has 4 rings (SSSR count). The molecule has 0 aromatic heterocycles. The van der Waals surface area contributed by atoms with Gasteiger partial charge in [0, 0.05) is 6.54 Å². The highest BCUT2D eigenvalue weighted by Gasteiger charge is 2.49. The lowest BCUT2D eigenvalue weighted by molar-refractivity contribution is -0.134. The third-order valence-electron chi connectivity index (χ3n) is 5.71. The Bertz CT molecular complexity index is 1130. The molecule has 0 spiro atoms. The molecule has 31 heavy (non-hydrogen) atoms. The molecule has 0 unspecified atom stereocenters. The Morgan fingerprint density at radius 2 is 1.68 bits per heavy atom. The molecule has 2 N–H and O–H groups in total. The lowest BCUT2D eigenvalue weighted by Crippen LogP contribution is -2.43. The molecule has 1 heterocycles. The van der Waals surface area contributed by atoms with E-state index in [0.29, 0.717) is 12.1 Å². The van der Waals surface area contributed by atoms with E-state index >= 15 is 0 Å². The van der Waals surface area contributed by atoms with Crippen LogP contribution < -0.4 is 10.6 Å². The number of nitrogens with zero attached hydrogens (tertiary/aromatic N) is 1. The van der Waals surface area contributed by atoms with Crippen molar-refractivity contribution in [3.63, 3.8) is 0 Å². The first-order valence-corrected chi connectivity index (χ1v) is 10.4. The predicted molar refractivity (Wildman–Crippen MR) is 119 cm³/mol. The van der Waals surface area contributed by atoms with Gasteiger partial charge in [-0.05, 0) is 47.7 Å². The summed E-state index contributed by atoms with van der Waals surface area (Å²) >= 11 is 0. The zero-order valence-electron chi connectivity index (χ0n) is 17.4. The van der Waals surface area contributed by atoms with Gasteiger partial charge in [-0.2, -0.15) is 0 Å². The Hall–Kier alpha value is -3.67. The number of urea groups is 1. The summed E-state index contributed by atoms with van der Waals surface area (Å²) in [6.45, 7) is 1.87. The topological polar surface area (TPSA) is 78.5 Å². The van der Waals surface area contributed by atoms with Crippen LogP contribution in [-0.2, 0) is 21.5 Å². The molecule has 6 nitrogen and oxygen atoms in total. The van der Waals surface area contributed by atoms with Gasteiger partial charge in [-0.15, -0.1) is 0 Å². The van der Waals surface area contributed by atoms with E-state index in [-0.39, 0.29) is 12.5 Å². The molecule has 0 bridgehead atoms. The maximum Gasteiger partial charge on any atom is 0.325 e. The predicted octanol–water partition coefficient (Wildman–Crippen LogP) is 3.36. The molecule has 1 atom stereocenters. The average Bonchev–Trinajstić information content (AvgIpc) is 3.01. The normalized spacial score (nSPS) is 18.3. The van der Waals surface area contributed by atoms with E-state index in [4.69, 9.17) is 0 Å². The molecule has 0 aliphatic carbocycles. The lowest BCUT2D eigenvalue weighted by Gasteiger charge is -2.22. The number of amides is 4. The Morgan fingerprint density at radius 3 is 2.45 bits per heavy atom. The van der Waals surface area contributed by atoms with Gasteiger partial charge >= 0.3 is 6.03 Å². The van der Waals surface area contributed by atoms with Gasteiger partial charge in [0.2, 0.25) is 5.91 Å². The van der Waals surface area contributed by atoms with Crippen LogP contribution in [0.1, 0.15) is 24.5 Å². The monoisotopic (exact) mass is 415 g/mol. The first-order chi connectivity index (χ1) is 15.0. The van der Waals surface area contributed by atoms with Crippen molar-refractivity contribution in [3.05, 3.63) is 83.9 Å². The van der Waals surface area contributed by atoms with Gasteiger partial charge < -0.3 is 10.6 Å². The van der Waals surface area contributed by atoms with E-state index in [2.05, 4.69) is 10.6 Å². The van der Waals surface area contributed by atoms with Crippen LogP contribution >= 0.6 is 0 Å². The zero-order valence-corrected chi connectivity index (χ0v) is 17.4. The first kappa shape index (κ1) is 20.6. The second kappa shape index (κ2) is 8.60. The molecule has 1 aliphatic heterocycles. The van der Waals surface area contributed by atoms with Crippen molar-refractivity contribution in [2.75, 3.05) is 13.1 Å². The van der Waals surface area contributed by atoms with Crippen LogP contribution in [-0.4, -0.2) is 35.8 Å². The van der Waals surface area contributed by atoms with Crippen molar-refractivity contribution in [2.24, 2.45) is 0 Å². The Labute approximate surface area is 181 Å². The highest BCUT2D eigenvalue weighted by atomic mass is 16.2. The van der Waals surface area contributed by atoms with Gasteiger partial charge in [-0.25, -0.2) is 4.79 Å². The zero-order chi connectivity index (χ0) is 21.8. The Morgan fingerprint density at radius 1 is 0.968 bits per heavy atom. The molecule has 3 aromatic rings. The largest absolute Gasteiger partial charge is 0.355 e. The van der Waals surface area contributed by atoms with E-state index in [1.165, 1.54) is 5.56 Å². The van der Waals surface area contributed by atoms with Gasteiger partial charge in [-0.1, -0.05) is 66.7 Å². The van der Waals surface area contributed by atoms with Crippen LogP contribution in [0.25, 0.3) is 10.8 Å². The molecule has 1 fully saturated rings. The molecule has 0 saturated carbocycles. The number of hydrogen-bond donors (Lipinski definition) is 2. The molecule has 6 heteroatoms. The Kier molecular flexibility index (Phi) is 5.71. The summed E-state index contributed by atoms with van der Waals surface area (Å²) in [5, 5.41) is 7.60. The van der Waals surface area contributed by atoms with Crippen LogP contribution in [0.2, 0.25) is 0 Å². The highest BCUT2D eigenvalue weighted by molar-refractivity contribution is 6.09. The van der Waals surface area contributed by atoms with E-state index in [9.17, 15) is 14.4 Å². The third kappa shape index (κ3) is 4.28. The minimum atomic E-state index is -1.20. The number of imide groups is 1. The summed E-state index contributed by atoms with van der Waals surface area (Å²) in [6.07, 6.45) is 1.63. The molecular weight excluding hydrogens is 390 g/mol. The van der Waals surface area contributed by atoms with Gasteiger partial charge in [0.1, 0.15) is 12.1 Å². The maximum absolute atomic E-state index is 13.1. The van der Waals surface area contributed by atoms with Crippen molar-refractivity contribution in [3.8, 4) is 0 Å². The number of nitrogens with one attached hydrogen (secondary N) is 2. The fourth-order valence-corrected chi connectivity index (χ4v) is 3.90. The minimum absolute atomic E-state index is 0.292. The molecule has 1 aliphatic rings. The molecule has 0 radical (unpaired) electrons. The smallest absolute Gasteiger partial charge is 0.325 e.